The van der Waals surface area contributed by atoms with Crippen molar-refractivity contribution in [3.05, 3.63) is 0 Å². The average Bonchev–Trinajstić information content (AvgIpc) is 2.79. The van der Waals surface area contributed by atoms with Crippen molar-refractivity contribution in [3.63, 3.8) is 0 Å². The zero-order valence-corrected chi connectivity index (χ0v) is 18.8. The molecule has 0 bridgehead atoms. The first-order valence-corrected chi connectivity index (χ1v) is 10.7. The van der Waals surface area contributed by atoms with E-state index < -0.39 is 106 Å². The maximum Gasteiger partial charge on any atom is 0.217 e. The van der Waals surface area contributed by atoms with Gasteiger partial charge in [-0.15, -0.1) is 0 Å². The lowest BCUT2D eigenvalue weighted by molar-refractivity contribution is -0.329. The first-order valence-electron chi connectivity index (χ1n) is 10.7. The van der Waals surface area contributed by atoms with E-state index in [0.29, 0.717) is 0 Å². The van der Waals surface area contributed by atoms with Crippen LogP contribution >= 0.6 is 0 Å². The summed E-state index contributed by atoms with van der Waals surface area (Å²) in [6, 6.07) is -2.59. The number of rotatable bonds is 10. The molecule has 15 heteroatoms. The lowest BCUT2D eigenvalue weighted by Crippen LogP contribution is -2.69. The Balaban J connectivity index is 2.36. The summed E-state index contributed by atoms with van der Waals surface area (Å²) in [7, 11) is 0. The predicted molar refractivity (Wildman–Crippen MR) is 109 cm³/mol. The molecule has 0 spiro atoms. The summed E-state index contributed by atoms with van der Waals surface area (Å²) in [6.07, 6.45) is -13.0. The van der Waals surface area contributed by atoms with E-state index in [1.165, 1.54) is 6.92 Å². The number of aliphatic hydroxyl groups excluding tert-OH is 7. The number of hydrogen-bond acceptors (Lipinski definition) is 13. The molecule has 2 fully saturated rings. The molecule has 0 radical (unpaired) electrons. The zero-order valence-electron chi connectivity index (χ0n) is 18.8. The number of ether oxygens (including phenoxy) is 4. The molecule has 0 aromatic carbocycles. The Morgan fingerprint density at radius 3 is 1.91 bits per heavy atom. The number of amides is 2. The topological polar surface area (TPSA) is 237 Å². The maximum absolute atomic E-state index is 11.9. The normalized spacial score (nSPS) is 39.3. The van der Waals surface area contributed by atoms with Crippen LogP contribution in [0.4, 0.5) is 0 Å². The Morgan fingerprint density at radius 1 is 0.853 bits per heavy atom. The molecule has 11 atom stereocenters. The molecule has 2 rings (SSSR count). The van der Waals surface area contributed by atoms with Crippen molar-refractivity contribution in [2.75, 3.05) is 26.4 Å². The highest BCUT2D eigenvalue weighted by molar-refractivity contribution is 5.73. The third kappa shape index (κ3) is 7.02. The van der Waals surface area contributed by atoms with Crippen molar-refractivity contribution < 1.29 is 64.3 Å². The Bertz CT molecular complexity index is 670. The molecule has 2 amide bonds. The maximum atomic E-state index is 11.9. The molecule has 0 aliphatic carbocycles. The lowest BCUT2D eigenvalue weighted by atomic mass is 9.94. The van der Waals surface area contributed by atoms with E-state index in [0.717, 1.165) is 6.92 Å². The molecule has 15 nitrogen and oxygen atoms in total. The standard InChI is InChI=1S/C19H34N2O13/c1-7(25)20-12-16(30)14(28)10(4-23)33-19(12)34-17-13(21-8(2)26)18(31-6-9(27)3-22)32-11(5-24)15(17)29/h9-19,22-24,27-30H,3-6H2,1-2H3,(H,20,25)(H,21,26)/t9?,10-,11-,12-,13-,14+,15-,16-,17-,18+,19-/m1/s1. The smallest absolute Gasteiger partial charge is 0.217 e. The Kier molecular flexibility index (Phi) is 11.0. The van der Waals surface area contributed by atoms with Crippen molar-refractivity contribution in [3.8, 4) is 0 Å². The minimum Gasteiger partial charge on any atom is -0.394 e. The minimum atomic E-state index is -1.63. The quantitative estimate of drug-likeness (QED) is 0.137. The molecule has 2 aliphatic heterocycles. The van der Waals surface area contributed by atoms with Crippen LogP contribution in [0.3, 0.4) is 0 Å². The van der Waals surface area contributed by atoms with Crippen molar-refractivity contribution >= 4 is 11.8 Å². The van der Waals surface area contributed by atoms with Gasteiger partial charge in [-0.05, 0) is 0 Å². The molecule has 1 unspecified atom stereocenters. The Hall–Kier alpha value is -1.50. The van der Waals surface area contributed by atoms with Crippen LogP contribution in [0.1, 0.15) is 13.8 Å². The molecule has 34 heavy (non-hydrogen) atoms. The van der Waals surface area contributed by atoms with Crippen LogP contribution in [-0.2, 0) is 28.5 Å². The van der Waals surface area contributed by atoms with Crippen LogP contribution in [0.2, 0.25) is 0 Å². The Labute approximate surface area is 195 Å². The molecule has 0 saturated carbocycles. The number of carbonyl (C=O) groups is 2. The van der Waals surface area contributed by atoms with E-state index in [1.807, 2.05) is 0 Å². The second-order valence-corrected chi connectivity index (χ2v) is 8.15. The SMILES string of the molecule is CC(=O)N[C@H]1[C@@H](O[C@H]2[C@H](O)[C@@H](CO)O[C@H](OCC(O)CO)[C@@H]2NC(C)=O)O[C@H](CO)[C@H](O)[C@@H]1O. The molecule has 2 aliphatic rings. The minimum absolute atomic E-state index is 0.426. The van der Waals surface area contributed by atoms with Gasteiger partial charge in [-0.25, -0.2) is 0 Å². The summed E-state index contributed by atoms with van der Waals surface area (Å²) < 4.78 is 22.3. The number of nitrogens with one attached hydrogen (secondary N) is 2. The van der Waals surface area contributed by atoms with E-state index in [-0.39, 0.29) is 0 Å². The van der Waals surface area contributed by atoms with Crippen molar-refractivity contribution in [2.45, 2.75) is 81.2 Å². The van der Waals surface area contributed by atoms with Gasteiger partial charge >= 0.3 is 0 Å². The largest absolute Gasteiger partial charge is 0.394 e. The van der Waals surface area contributed by atoms with E-state index in [1.54, 1.807) is 0 Å². The van der Waals surface area contributed by atoms with E-state index in [9.17, 15) is 40.2 Å². The number of hydrogen-bond donors (Lipinski definition) is 9. The van der Waals surface area contributed by atoms with Gasteiger partial charge in [0.2, 0.25) is 11.8 Å². The molecule has 9 N–H and O–H groups in total. The molecule has 0 aromatic heterocycles. The van der Waals surface area contributed by atoms with Crippen LogP contribution in [0.15, 0.2) is 0 Å². The first-order chi connectivity index (χ1) is 16.0. The monoisotopic (exact) mass is 498 g/mol. The number of aliphatic hydroxyl groups is 7. The van der Waals surface area contributed by atoms with E-state index >= 15 is 0 Å². The van der Waals surface area contributed by atoms with Crippen molar-refractivity contribution in [1.82, 2.24) is 10.6 Å². The summed E-state index contributed by atoms with van der Waals surface area (Å²) in [4.78, 5) is 23.5. The van der Waals surface area contributed by atoms with Crippen LogP contribution < -0.4 is 10.6 Å². The third-order valence-corrected chi connectivity index (χ3v) is 5.43. The molecular weight excluding hydrogens is 464 g/mol. The van der Waals surface area contributed by atoms with Gasteiger partial charge in [0.1, 0.15) is 54.8 Å². The molecule has 198 valence electrons. The van der Waals surface area contributed by atoms with Crippen LogP contribution in [-0.4, -0.2) is 141 Å². The average molecular weight is 498 g/mol. The number of carbonyl (C=O) groups excluding carboxylic acids is 2. The lowest BCUT2D eigenvalue weighted by Gasteiger charge is -2.48. The summed E-state index contributed by atoms with van der Waals surface area (Å²) in [6.45, 7) is -0.140. The van der Waals surface area contributed by atoms with Gasteiger partial charge in [0.05, 0.1) is 26.4 Å². The molecule has 2 saturated heterocycles. The fourth-order valence-electron chi connectivity index (χ4n) is 3.76. The Morgan fingerprint density at radius 2 is 1.38 bits per heavy atom. The van der Waals surface area contributed by atoms with Crippen LogP contribution in [0, 0.1) is 0 Å². The zero-order chi connectivity index (χ0) is 25.6. The van der Waals surface area contributed by atoms with Gasteiger partial charge in [-0.3, -0.25) is 9.59 Å². The fraction of sp³-hybridized carbons (Fsp3) is 0.895. The van der Waals surface area contributed by atoms with Crippen LogP contribution in [0.5, 0.6) is 0 Å². The summed E-state index contributed by atoms with van der Waals surface area (Å²) in [5.41, 5.74) is 0. The summed E-state index contributed by atoms with van der Waals surface area (Å²) in [5.74, 6) is -1.19. The van der Waals surface area contributed by atoms with Crippen molar-refractivity contribution in [1.29, 1.82) is 0 Å². The van der Waals surface area contributed by atoms with Gasteiger partial charge in [-0.2, -0.15) is 0 Å². The highest BCUT2D eigenvalue weighted by Gasteiger charge is 2.52. The van der Waals surface area contributed by atoms with Gasteiger partial charge in [0, 0.05) is 13.8 Å². The van der Waals surface area contributed by atoms with E-state index in [4.69, 9.17) is 24.1 Å². The van der Waals surface area contributed by atoms with Gasteiger partial charge in [-0.1, -0.05) is 0 Å². The third-order valence-electron chi connectivity index (χ3n) is 5.43. The van der Waals surface area contributed by atoms with Gasteiger partial charge < -0.3 is 65.3 Å². The van der Waals surface area contributed by atoms with Crippen LogP contribution in [0.25, 0.3) is 0 Å². The second-order valence-electron chi connectivity index (χ2n) is 8.15. The molecular formula is C19H34N2O13. The molecule has 2 heterocycles. The van der Waals surface area contributed by atoms with E-state index in [2.05, 4.69) is 10.6 Å². The highest BCUT2D eigenvalue weighted by atomic mass is 16.7. The summed E-state index contributed by atoms with van der Waals surface area (Å²) in [5, 5.41) is 74.1. The highest BCUT2D eigenvalue weighted by Crippen LogP contribution is 2.30. The van der Waals surface area contributed by atoms with Crippen molar-refractivity contribution in [2.24, 2.45) is 0 Å². The van der Waals surface area contributed by atoms with Gasteiger partial charge in [0.25, 0.3) is 0 Å². The first kappa shape index (κ1) is 28.7. The van der Waals surface area contributed by atoms with Gasteiger partial charge in [0.15, 0.2) is 12.6 Å². The summed E-state index contributed by atoms with van der Waals surface area (Å²) >= 11 is 0. The second kappa shape index (κ2) is 13.0. The molecule has 0 aromatic rings. The fourth-order valence-corrected chi connectivity index (χ4v) is 3.76. The predicted octanol–water partition coefficient (Wildman–Crippen LogP) is -5.73.